The highest BCUT2D eigenvalue weighted by Gasteiger charge is 2.27. The largest absolute Gasteiger partial charge is 0.303 e. The van der Waals surface area contributed by atoms with Gasteiger partial charge in [0.1, 0.15) is 5.82 Å². The lowest BCUT2D eigenvalue weighted by Gasteiger charge is -2.32. The van der Waals surface area contributed by atoms with E-state index in [-0.39, 0.29) is 0 Å². The number of pyridine rings is 1. The molecule has 1 fully saturated rings. The molecule has 2 aromatic rings. The summed E-state index contributed by atoms with van der Waals surface area (Å²) in [7, 11) is 0. The third-order valence-corrected chi connectivity index (χ3v) is 5.31. The molecular weight excluding hydrogens is 318 g/mol. The van der Waals surface area contributed by atoms with Crippen LogP contribution in [0.4, 0.5) is 0 Å². The Morgan fingerprint density at radius 3 is 2.92 bits per heavy atom. The summed E-state index contributed by atoms with van der Waals surface area (Å²) < 4.78 is 2.34. The summed E-state index contributed by atoms with van der Waals surface area (Å²) in [5, 5.41) is 10.1. The molecule has 130 valence electrons. The molecule has 5 nitrogen and oxygen atoms in total. The Hall–Kier alpha value is -1.40. The van der Waals surface area contributed by atoms with E-state index in [1.54, 1.807) is 11.8 Å². The molecule has 1 aliphatic heterocycles. The van der Waals surface area contributed by atoms with Crippen LogP contribution in [0.5, 0.6) is 0 Å². The Morgan fingerprint density at radius 2 is 2.21 bits per heavy atom. The van der Waals surface area contributed by atoms with E-state index in [1.165, 1.54) is 18.4 Å². The van der Waals surface area contributed by atoms with Gasteiger partial charge in [-0.1, -0.05) is 24.8 Å². The first-order chi connectivity index (χ1) is 11.7. The summed E-state index contributed by atoms with van der Waals surface area (Å²) in [6.07, 6.45) is 6.22. The van der Waals surface area contributed by atoms with Crippen LogP contribution in [0, 0.1) is 0 Å². The number of likely N-dealkylation sites (tertiary alicyclic amines) is 1. The first-order valence-electron chi connectivity index (χ1n) is 8.88. The van der Waals surface area contributed by atoms with Crippen LogP contribution in [0.15, 0.2) is 29.7 Å². The lowest BCUT2D eigenvalue weighted by atomic mass is 9.96. The average Bonchev–Trinajstić information content (AvgIpc) is 3.00. The van der Waals surface area contributed by atoms with Crippen molar-refractivity contribution in [3.05, 3.63) is 35.9 Å². The average molecular weight is 346 g/mol. The normalized spacial score (nSPS) is 19.1. The van der Waals surface area contributed by atoms with Crippen LogP contribution >= 0.6 is 11.8 Å². The fourth-order valence-corrected chi connectivity index (χ4v) is 4.24. The quantitative estimate of drug-likeness (QED) is 0.746. The molecule has 2 aromatic heterocycles. The van der Waals surface area contributed by atoms with Gasteiger partial charge in [0.25, 0.3) is 0 Å². The number of hydrogen-bond donors (Lipinski definition) is 0. The molecule has 1 saturated heterocycles. The second kappa shape index (κ2) is 8.12. The van der Waals surface area contributed by atoms with Crippen molar-refractivity contribution in [2.75, 3.05) is 18.8 Å². The van der Waals surface area contributed by atoms with Gasteiger partial charge < -0.3 is 4.57 Å². The van der Waals surface area contributed by atoms with E-state index in [0.717, 1.165) is 36.4 Å². The monoisotopic (exact) mass is 345 g/mol. The standard InChI is InChI=1S/C18H27N5S/c1-4-24-18-21-20-17(23(18)14(2)3)16-8-6-10-22(13-16)12-15-7-5-9-19-11-15/h5,7,9,11,14,16H,4,6,8,10,12-13H2,1-3H3/t16-/m0/s1. The number of rotatable bonds is 6. The van der Waals surface area contributed by atoms with Gasteiger partial charge in [-0.05, 0) is 50.6 Å². The molecule has 1 aliphatic rings. The third kappa shape index (κ3) is 3.98. The van der Waals surface area contributed by atoms with Crippen molar-refractivity contribution < 1.29 is 0 Å². The molecule has 3 rings (SSSR count). The molecule has 0 N–H and O–H groups in total. The van der Waals surface area contributed by atoms with Crippen LogP contribution in [-0.2, 0) is 6.54 Å². The molecule has 0 saturated carbocycles. The summed E-state index contributed by atoms with van der Waals surface area (Å²) in [5.41, 5.74) is 1.28. The lowest BCUT2D eigenvalue weighted by molar-refractivity contribution is 0.193. The van der Waals surface area contributed by atoms with Crippen LogP contribution < -0.4 is 0 Å². The molecule has 0 amide bonds. The Labute approximate surface area is 148 Å². The highest BCUT2D eigenvalue weighted by molar-refractivity contribution is 7.99. The Balaban J connectivity index is 1.75. The molecule has 1 atom stereocenters. The smallest absolute Gasteiger partial charge is 0.191 e. The van der Waals surface area contributed by atoms with Crippen molar-refractivity contribution in [2.24, 2.45) is 0 Å². The molecule has 0 aromatic carbocycles. The minimum atomic E-state index is 0.401. The maximum Gasteiger partial charge on any atom is 0.191 e. The molecular formula is C18H27N5S. The number of aromatic nitrogens is 4. The fraction of sp³-hybridized carbons (Fsp3) is 0.611. The van der Waals surface area contributed by atoms with Gasteiger partial charge in [-0.2, -0.15) is 0 Å². The topological polar surface area (TPSA) is 46.8 Å². The number of nitrogens with zero attached hydrogens (tertiary/aromatic N) is 5. The van der Waals surface area contributed by atoms with Gasteiger partial charge in [0.05, 0.1) is 0 Å². The molecule has 0 spiro atoms. The summed E-state index contributed by atoms with van der Waals surface area (Å²) >= 11 is 1.79. The summed E-state index contributed by atoms with van der Waals surface area (Å²) in [6.45, 7) is 9.79. The Kier molecular flexibility index (Phi) is 5.89. The van der Waals surface area contributed by atoms with Gasteiger partial charge in [-0.25, -0.2) is 0 Å². The van der Waals surface area contributed by atoms with E-state index < -0.39 is 0 Å². The summed E-state index contributed by atoms with van der Waals surface area (Å²) in [6, 6.07) is 4.57. The van der Waals surface area contributed by atoms with E-state index >= 15 is 0 Å². The second-order valence-corrected chi connectivity index (χ2v) is 7.90. The van der Waals surface area contributed by atoms with Gasteiger partial charge in [-0.15, -0.1) is 10.2 Å². The van der Waals surface area contributed by atoms with Gasteiger partial charge >= 0.3 is 0 Å². The van der Waals surface area contributed by atoms with Crippen LogP contribution in [-0.4, -0.2) is 43.5 Å². The number of thioether (sulfide) groups is 1. The van der Waals surface area contributed by atoms with Crippen molar-refractivity contribution >= 4 is 11.8 Å². The lowest BCUT2D eigenvalue weighted by Crippen LogP contribution is -2.35. The number of hydrogen-bond acceptors (Lipinski definition) is 5. The maximum absolute atomic E-state index is 4.57. The predicted molar refractivity (Wildman–Crippen MR) is 98.3 cm³/mol. The van der Waals surface area contributed by atoms with E-state index in [9.17, 15) is 0 Å². The first kappa shape index (κ1) is 17.4. The van der Waals surface area contributed by atoms with E-state index in [1.807, 2.05) is 18.5 Å². The van der Waals surface area contributed by atoms with Gasteiger partial charge in [0.15, 0.2) is 5.16 Å². The highest BCUT2D eigenvalue weighted by atomic mass is 32.2. The molecule has 0 radical (unpaired) electrons. The zero-order valence-corrected chi connectivity index (χ0v) is 15.7. The van der Waals surface area contributed by atoms with Crippen LogP contribution in [0.1, 0.15) is 57.0 Å². The maximum atomic E-state index is 4.57. The van der Waals surface area contributed by atoms with Crippen molar-refractivity contribution in [1.29, 1.82) is 0 Å². The summed E-state index contributed by atoms with van der Waals surface area (Å²) in [4.78, 5) is 6.76. The Bertz CT molecular complexity index is 640. The third-order valence-electron chi connectivity index (χ3n) is 4.48. The van der Waals surface area contributed by atoms with Crippen molar-refractivity contribution in [2.45, 2.75) is 57.3 Å². The fourth-order valence-electron chi connectivity index (χ4n) is 3.44. The van der Waals surface area contributed by atoms with Crippen molar-refractivity contribution in [3.63, 3.8) is 0 Å². The molecule has 6 heteroatoms. The van der Waals surface area contributed by atoms with Crippen molar-refractivity contribution in [1.82, 2.24) is 24.6 Å². The van der Waals surface area contributed by atoms with E-state index in [2.05, 4.69) is 51.5 Å². The first-order valence-corrected chi connectivity index (χ1v) is 9.86. The van der Waals surface area contributed by atoms with Crippen LogP contribution in [0.2, 0.25) is 0 Å². The van der Waals surface area contributed by atoms with Crippen LogP contribution in [0.25, 0.3) is 0 Å². The van der Waals surface area contributed by atoms with Crippen LogP contribution in [0.3, 0.4) is 0 Å². The minimum Gasteiger partial charge on any atom is -0.303 e. The highest BCUT2D eigenvalue weighted by Crippen LogP contribution is 2.31. The predicted octanol–water partition coefficient (Wildman–Crippen LogP) is 3.75. The zero-order valence-electron chi connectivity index (χ0n) is 14.9. The van der Waals surface area contributed by atoms with E-state index in [4.69, 9.17) is 0 Å². The molecule has 0 bridgehead atoms. The molecule has 0 aliphatic carbocycles. The van der Waals surface area contributed by atoms with Gasteiger partial charge in [0.2, 0.25) is 0 Å². The SMILES string of the molecule is CCSc1nnc([C@H]2CCCN(Cc3cccnc3)C2)n1C(C)C. The molecule has 0 unspecified atom stereocenters. The van der Waals surface area contributed by atoms with Gasteiger partial charge in [-0.3, -0.25) is 9.88 Å². The zero-order chi connectivity index (χ0) is 16.9. The number of piperidine rings is 1. The Morgan fingerprint density at radius 1 is 1.33 bits per heavy atom. The van der Waals surface area contributed by atoms with Crippen molar-refractivity contribution in [3.8, 4) is 0 Å². The van der Waals surface area contributed by atoms with Gasteiger partial charge in [0, 0.05) is 37.4 Å². The second-order valence-electron chi connectivity index (χ2n) is 6.67. The molecule has 3 heterocycles. The minimum absolute atomic E-state index is 0.401. The van der Waals surface area contributed by atoms with E-state index in [0.29, 0.717) is 12.0 Å². The molecule has 24 heavy (non-hydrogen) atoms. The summed E-state index contributed by atoms with van der Waals surface area (Å²) in [5.74, 6) is 2.66.